The van der Waals surface area contributed by atoms with Crippen LogP contribution in [0.2, 0.25) is 10.0 Å². The average molecular weight is 463 g/mol. The number of hydrogen-bond donors (Lipinski definition) is 1. The van der Waals surface area contributed by atoms with E-state index >= 15 is 0 Å². The second-order valence-electron chi connectivity index (χ2n) is 8.51. The van der Waals surface area contributed by atoms with Crippen molar-refractivity contribution in [1.82, 2.24) is 10.2 Å². The fourth-order valence-electron chi connectivity index (χ4n) is 3.29. The van der Waals surface area contributed by atoms with Gasteiger partial charge in [-0.2, -0.15) is 0 Å². The Morgan fingerprint density at radius 2 is 1.52 bits per heavy atom. The van der Waals surface area contributed by atoms with E-state index in [2.05, 4.69) is 43.4 Å². The maximum absolute atomic E-state index is 13.2. The van der Waals surface area contributed by atoms with Gasteiger partial charge < -0.3 is 10.2 Å². The minimum atomic E-state index is -0.604. The van der Waals surface area contributed by atoms with Gasteiger partial charge in [0.1, 0.15) is 6.04 Å². The quantitative estimate of drug-likeness (QED) is 0.497. The van der Waals surface area contributed by atoms with Gasteiger partial charge in [0.25, 0.3) is 0 Å². The molecule has 2 amide bonds. The smallest absolute Gasteiger partial charge is 0.242 e. The van der Waals surface area contributed by atoms with Gasteiger partial charge in [0, 0.05) is 19.0 Å². The summed E-state index contributed by atoms with van der Waals surface area (Å²) in [4.78, 5) is 27.4. The first kappa shape index (κ1) is 25.2. The van der Waals surface area contributed by atoms with E-state index < -0.39 is 6.04 Å². The lowest BCUT2D eigenvalue weighted by Gasteiger charge is -2.29. The molecule has 0 aliphatic rings. The van der Waals surface area contributed by atoms with Crippen LogP contribution in [0.3, 0.4) is 0 Å². The summed E-state index contributed by atoms with van der Waals surface area (Å²) in [6.45, 7) is 10.2. The molecule has 0 bridgehead atoms. The van der Waals surface area contributed by atoms with E-state index in [0.717, 1.165) is 11.1 Å². The monoisotopic (exact) mass is 462 g/mol. The fraction of sp³-hybridized carbons (Fsp3) is 0.440. The summed E-state index contributed by atoms with van der Waals surface area (Å²) in [7, 11) is 0. The molecule has 0 aliphatic heterocycles. The van der Waals surface area contributed by atoms with Crippen molar-refractivity contribution in [2.75, 3.05) is 0 Å². The molecule has 0 fully saturated rings. The zero-order valence-corrected chi connectivity index (χ0v) is 20.4. The Bertz CT molecular complexity index is 895. The maximum atomic E-state index is 13.2. The Balaban J connectivity index is 2.16. The van der Waals surface area contributed by atoms with Crippen LogP contribution in [-0.2, 0) is 22.6 Å². The Hall–Kier alpha value is -2.04. The van der Waals surface area contributed by atoms with Crippen molar-refractivity contribution in [2.24, 2.45) is 0 Å². The normalized spacial score (nSPS) is 12.2. The van der Waals surface area contributed by atoms with Gasteiger partial charge in [0.2, 0.25) is 11.8 Å². The summed E-state index contributed by atoms with van der Waals surface area (Å²) < 4.78 is 0. The standard InChI is InChI=1S/C25H32Cl2N2O2/c1-16(2)21-10-6-19(7-11-21)9-13-24(30)29(18(5)25(31)28-17(3)4)15-20-8-12-22(26)23(27)14-20/h6-8,10-12,14,16-18H,9,13,15H2,1-5H3,(H,28,31). The zero-order valence-electron chi connectivity index (χ0n) is 18.9. The average Bonchev–Trinajstić information content (AvgIpc) is 2.72. The first-order chi connectivity index (χ1) is 14.6. The number of rotatable bonds is 9. The predicted molar refractivity (Wildman–Crippen MR) is 129 cm³/mol. The molecule has 2 aromatic rings. The molecule has 0 aliphatic carbocycles. The molecule has 0 saturated heterocycles. The topological polar surface area (TPSA) is 49.4 Å². The Kier molecular flexibility index (Phi) is 9.39. The minimum Gasteiger partial charge on any atom is -0.352 e. The number of carbonyl (C=O) groups excluding carboxylic acids is 2. The summed E-state index contributed by atoms with van der Waals surface area (Å²) in [5.74, 6) is 0.216. The number of halogens is 2. The molecule has 4 nitrogen and oxygen atoms in total. The van der Waals surface area contributed by atoms with Crippen LogP contribution in [0.5, 0.6) is 0 Å². The highest BCUT2D eigenvalue weighted by Gasteiger charge is 2.26. The molecule has 1 unspecified atom stereocenters. The van der Waals surface area contributed by atoms with E-state index in [-0.39, 0.29) is 24.4 Å². The van der Waals surface area contributed by atoms with Gasteiger partial charge in [0.15, 0.2) is 0 Å². The van der Waals surface area contributed by atoms with Crippen LogP contribution in [0, 0.1) is 0 Å². The Labute approximate surface area is 195 Å². The lowest BCUT2D eigenvalue weighted by molar-refractivity contribution is -0.140. The minimum absolute atomic E-state index is 0.00338. The second-order valence-corrected chi connectivity index (χ2v) is 9.32. The Morgan fingerprint density at radius 3 is 2.06 bits per heavy atom. The van der Waals surface area contributed by atoms with Gasteiger partial charge in [-0.05, 0) is 61.9 Å². The third-order valence-corrected chi connectivity index (χ3v) is 5.95. The van der Waals surface area contributed by atoms with Gasteiger partial charge in [-0.3, -0.25) is 9.59 Å². The van der Waals surface area contributed by atoms with Crippen LogP contribution in [0.1, 0.15) is 63.6 Å². The van der Waals surface area contributed by atoms with Crippen molar-refractivity contribution in [3.63, 3.8) is 0 Å². The van der Waals surface area contributed by atoms with E-state index in [1.807, 2.05) is 19.9 Å². The van der Waals surface area contributed by atoms with Gasteiger partial charge in [-0.1, -0.05) is 67.4 Å². The molecule has 168 valence electrons. The van der Waals surface area contributed by atoms with Crippen molar-refractivity contribution in [1.29, 1.82) is 0 Å². The zero-order chi connectivity index (χ0) is 23.1. The molecule has 6 heteroatoms. The molecule has 0 saturated carbocycles. The van der Waals surface area contributed by atoms with Gasteiger partial charge in [-0.15, -0.1) is 0 Å². The van der Waals surface area contributed by atoms with Crippen molar-refractivity contribution in [3.8, 4) is 0 Å². The molecule has 1 atom stereocenters. The summed E-state index contributed by atoms with van der Waals surface area (Å²) in [5, 5.41) is 3.78. The number of hydrogen-bond acceptors (Lipinski definition) is 2. The van der Waals surface area contributed by atoms with Crippen LogP contribution in [0.15, 0.2) is 42.5 Å². The number of benzene rings is 2. The van der Waals surface area contributed by atoms with Crippen LogP contribution in [0.4, 0.5) is 0 Å². The van der Waals surface area contributed by atoms with Gasteiger partial charge in [0.05, 0.1) is 10.0 Å². The molecular weight excluding hydrogens is 431 g/mol. The predicted octanol–water partition coefficient (Wildman–Crippen LogP) is 5.99. The molecule has 0 aromatic heterocycles. The summed E-state index contributed by atoms with van der Waals surface area (Å²) in [6, 6.07) is 13.0. The molecule has 0 spiro atoms. The van der Waals surface area contributed by atoms with E-state index in [9.17, 15) is 9.59 Å². The highest BCUT2D eigenvalue weighted by molar-refractivity contribution is 6.42. The molecule has 0 heterocycles. The van der Waals surface area contributed by atoms with Crippen LogP contribution >= 0.6 is 23.2 Å². The summed E-state index contributed by atoms with van der Waals surface area (Å²) >= 11 is 12.2. The second kappa shape index (κ2) is 11.5. The number of nitrogens with one attached hydrogen (secondary N) is 1. The maximum Gasteiger partial charge on any atom is 0.242 e. The summed E-state index contributed by atoms with van der Waals surface area (Å²) in [6.07, 6.45) is 0.940. The van der Waals surface area contributed by atoms with Gasteiger partial charge >= 0.3 is 0 Å². The van der Waals surface area contributed by atoms with Crippen LogP contribution in [-0.4, -0.2) is 28.8 Å². The highest BCUT2D eigenvalue weighted by atomic mass is 35.5. The van der Waals surface area contributed by atoms with Crippen molar-refractivity contribution in [2.45, 2.75) is 72.0 Å². The molecule has 0 radical (unpaired) electrons. The van der Waals surface area contributed by atoms with E-state index in [1.54, 1.807) is 24.0 Å². The number of carbonyl (C=O) groups is 2. The molecule has 2 rings (SSSR count). The van der Waals surface area contributed by atoms with Gasteiger partial charge in [-0.25, -0.2) is 0 Å². The third-order valence-electron chi connectivity index (χ3n) is 5.21. The van der Waals surface area contributed by atoms with E-state index in [4.69, 9.17) is 23.2 Å². The fourth-order valence-corrected chi connectivity index (χ4v) is 3.61. The number of aryl methyl sites for hydroxylation is 1. The summed E-state index contributed by atoms with van der Waals surface area (Å²) in [5.41, 5.74) is 3.20. The SMILES string of the molecule is CC(C)NC(=O)C(C)N(Cc1ccc(Cl)c(Cl)c1)C(=O)CCc1ccc(C(C)C)cc1. The molecule has 31 heavy (non-hydrogen) atoms. The van der Waals surface area contributed by atoms with Crippen molar-refractivity contribution < 1.29 is 9.59 Å². The lowest BCUT2D eigenvalue weighted by Crippen LogP contribution is -2.49. The first-order valence-electron chi connectivity index (χ1n) is 10.7. The van der Waals surface area contributed by atoms with Crippen LogP contribution < -0.4 is 5.32 Å². The molecular formula is C25H32Cl2N2O2. The number of nitrogens with zero attached hydrogens (tertiary/aromatic N) is 1. The van der Waals surface area contributed by atoms with Crippen molar-refractivity contribution >= 4 is 35.0 Å². The highest BCUT2D eigenvalue weighted by Crippen LogP contribution is 2.24. The van der Waals surface area contributed by atoms with Crippen LogP contribution in [0.25, 0.3) is 0 Å². The van der Waals surface area contributed by atoms with Crippen molar-refractivity contribution in [3.05, 3.63) is 69.2 Å². The van der Waals surface area contributed by atoms with E-state index in [0.29, 0.717) is 28.8 Å². The van der Waals surface area contributed by atoms with E-state index in [1.165, 1.54) is 5.56 Å². The molecule has 2 aromatic carbocycles. The molecule has 1 N–H and O–H groups in total. The Morgan fingerprint density at radius 1 is 0.903 bits per heavy atom. The lowest BCUT2D eigenvalue weighted by atomic mass is 10.00. The first-order valence-corrected chi connectivity index (χ1v) is 11.5. The number of amides is 2. The third kappa shape index (κ3) is 7.55. The largest absolute Gasteiger partial charge is 0.352 e.